The predicted octanol–water partition coefficient (Wildman–Crippen LogP) is 2.08. The molecule has 2 N–H and O–H groups in total. The molecule has 0 saturated carbocycles. The summed E-state index contributed by atoms with van der Waals surface area (Å²) in [5, 5.41) is 10.6. The standard InChI is InChI=1S/C19H19N7O3/c1-10-3-4-12-15(20-10)23-24-16(12)22-19(28)26-11-7-8-25(9-11)14-6-5-13(18(27)29-2)21-17(14)26/h3-6,11H,7-9H2,1-2H3,(H2,20,22,23,24,28). The first-order valence-corrected chi connectivity index (χ1v) is 9.31. The Labute approximate surface area is 165 Å². The third-order valence-corrected chi connectivity index (χ3v) is 5.35. The van der Waals surface area contributed by atoms with Crippen LogP contribution in [0.4, 0.5) is 22.1 Å². The number of esters is 1. The van der Waals surface area contributed by atoms with Crippen LogP contribution in [0.25, 0.3) is 11.0 Å². The highest BCUT2D eigenvalue weighted by atomic mass is 16.5. The maximum atomic E-state index is 13.2. The molecule has 0 aliphatic carbocycles. The number of hydrogen-bond acceptors (Lipinski definition) is 7. The Morgan fingerprint density at radius 2 is 2.10 bits per heavy atom. The first kappa shape index (κ1) is 17.4. The number of carbonyl (C=O) groups is 2. The molecule has 3 aromatic heterocycles. The smallest absolute Gasteiger partial charge is 0.356 e. The van der Waals surface area contributed by atoms with Crippen molar-refractivity contribution in [2.45, 2.75) is 19.4 Å². The fraction of sp³-hybridized carbons (Fsp3) is 0.316. The number of fused-ring (bicyclic) bond motifs is 5. The number of methoxy groups -OCH3 is 1. The summed E-state index contributed by atoms with van der Waals surface area (Å²) < 4.78 is 4.78. The topological polar surface area (TPSA) is 116 Å². The van der Waals surface area contributed by atoms with E-state index in [9.17, 15) is 9.59 Å². The lowest BCUT2D eigenvalue weighted by atomic mass is 10.1. The van der Waals surface area contributed by atoms with Gasteiger partial charge in [0.1, 0.15) is 0 Å². The summed E-state index contributed by atoms with van der Waals surface area (Å²) in [7, 11) is 1.31. The molecule has 29 heavy (non-hydrogen) atoms. The van der Waals surface area contributed by atoms with Crippen LogP contribution in [0, 0.1) is 6.92 Å². The van der Waals surface area contributed by atoms with Gasteiger partial charge in [0.25, 0.3) is 0 Å². The van der Waals surface area contributed by atoms with Gasteiger partial charge in [-0.05, 0) is 37.6 Å². The second-order valence-corrected chi connectivity index (χ2v) is 7.14. The molecule has 0 spiro atoms. The van der Waals surface area contributed by atoms with Crippen LogP contribution in [-0.2, 0) is 4.74 Å². The number of nitrogens with one attached hydrogen (secondary N) is 2. The molecular formula is C19H19N7O3. The van der Waals surface area contributed by atoms with Crippen molar-refractivity contribution in [2.24, 2.45) is 0 Å². The lowest BCUT2D eigenvalue weighted by molar-refractivity contribution is 0.0594. The number of rotatable bonds is 2. The van der Waals surface area contributed by atoms with Gasteiger partial charge in [0, 0.05) is 18.8 Å². The van der Waals surface area contributed by atoms with Crippen LogP contribution in [-0.4, -0.2) is 58.4 Å². The Hall–Kier alpha value is -3.69. The molecule has 1 atom stereocenters. The number of H-pyrrole nitrogens is 1. The van der Waals surface area contributed by atoms with Gasteiger partial charge in [-0.3, -0.25) is 15.3 Å². The summed E-state index contributed by atoms with van der Waals surface area (Å²) in [5.41, 5.74) is 2.45. The van der Waals surface area contributed by atoms with E-state index in [4.69, 9.17) is 4.74 Å². The van der Waals surface area contributed by atoms with Crippen molar-refractivity contribution in [1.29, 1.82) is 0 Å². The number of ether oxygens (including phenoxy) is 1. The molecule has 5 rings (SSSR count). The minimum absolute atomic E-state index is 0.0338. The number of amides is 2. The molecule has 148 valence electrons. The number of hydrogen-bond donors (Lipinski definition) is 2. The Morgan fingerprint density at radius 1 is 1.24 bits per heavy atom. The minimum atomic E-state index is -0.541. The maximum absolute atomic E-state index is 13.2. The number of carbonyl (C=O) groups excluding carboxylic acids is 2. The summed E-state index contributed by atoms with van der Waals surface area (Å²) in [6, 6.07) is 6.78. The average Bonchev–Trinajstić information content (AvgIpc) is 3.32. The lowest BCUT2D eigenvalue weighted by Crippen LogP contribution is -2.48. The highest BCUT2D eigenvalue weighted by Gasteiger charge is 2.40. The number of nitrogens with zero attached hydrogens (tertiary/aromatic N) is 5. The Morgan fingerprint density at radius 3 is 2.93 bits per heavy atom. The maximum Gasteiger partial charge on any atom is 0.356 e. The van der Waals surface area contributed by atoms with E-state index in [1.54, 1.807) is 11.0 Å². The zero-order valence-corrected chi connectivity index (χ0v) is 16.0. The van der Waals surface area contributed by atoms with Crippen molar-refractivity contribution < 1.29 is 14.3 Å². The first-order valence-electron chi connectivity index (χ1n) is 9.31. The molecule has 0 aromatic carbocycles. The Bertz CT molecular complexity index is 1140. The van der Waals surface area contributed by atoms with E-state index >= 15 is 0 Å². The molecule has 10 heteroatoms. The molecule has 1 fully saturated rings. The fourth-order valence-electron chi connectivity index (χ4n) is 3.95. The number of urea groups is 1. The number of anilines is 3. The van der Waals surface area contributed by atoms with E-state index in [0.717, 1.165) is 36.3 Å². The summed E-state index contributed by atoms with van der Waals surface area (Å²) in [5.74, 6) is 0.317. The van der Waals surface area contributed by atoms with Crippen LogP contribution in [0.2, 0.25) is 0 Å². The normalized spacial score (nSPS) is 17.4. The van der Waals surface area contributed by atoms with Gasteiger partial charge in [0.2, 0.25) is 0 Å². The quantitative estimate of drug-likeness (QED) is 0.640. The van der Waals surface area contributed by atoms with Crippen LogP contribution >= 0.6 is 0 Å². The molecule has 0 radical (unpaired) electrons. The van der Waals surface area contributed by atoms with Gasteiger partial charge < -0.3 is 9.64 Å². The number of aromatic amines is 1. The van der Waals surface area contributed by atoms with Crippen molar-refractivity contribution in [2.75, 3.05) is 35.3 Å². The zero-order chi connectivity index (χ0) is 20.1. The highest BCUT2D eigenvalue weighted by molar-refractivity contribution is 6.07. The van der Waals surface area contributed by atoms with Gasteiger partial charge in [0.15, 0.2) is 23.0 Å². The van der Waals surface area contributed by atoms with Crippen LogP contribution in [0.15, 0.2) is 24.3 Å². The molecular weight excluding hydrogens is 374 g/mol. The van der Waals surface area contributed by atoms with Gasteiger partial charge in [-0.1, -0.05) is 0 Å². The van der Waals surface area contributed by atoms with Crippen molar-refractivity contribution in [3.8, 4) is 0 Å². The van der Waals surface area contributed by atoms with E-state index in [-0.39, 0.29) is 17.8 Å². The third kappa shape index (κ3) is 2.75. The van der Waals surface area contributed by atoms with Crippen molar-refractivity contribution in [3.63, 3.8) is 0 Å². The lowest BCUT2D eigenvalue weighted by Gasteiger charge is -2.35. The van der Waals surface area contributed by atoms with Gasteiger partial charge in [-0.25, -0.2) is 19.6 Å². The van der Waals surface area contributed by atoms with Crippen molar-refractivity contribution in [3.05, 3.63) is 35.7 Å². The van der Waals surface area contributed by atoms with Crippen molar-refractivity contribution in [1.82, 2.24) is 20.2 Å². The molecule has 2 bridgehead atoms. The molecule has 5 heterocycles. The molecule has 2 aliphatic heterocycles. The van der Waals surface area contributed by atoms with E-state index < -0.39 is 5.97 Å². The number of aryl methyl sites for hydroxylation is 1. The summed E-state index contributed by atoms with van der Waals surface area (Å²) in [4.78, 5) is 37.8. The van der Waals surface area contributed by atoms with Gasteiger partial charge in [-0.2, -0.15) is 5.10 Å². The third-order valence-electron chi connectivity index (χ3n) is 5.35. The predicted molar refractivity (Wildman–Crippen MR) is 106 cm³/mol. The molecule has 2 aliphatic rings. The van der Waals surface area contributed by atoms with E-state index in [0.29, 0.717) is 17.3 Å². The SMILES string of the molecule is COC(=O)c1ccc2c(n1)N(C(=O)Nc1n[nH]c3nc(C)ccc13)C1CCN2C1. The van der Waals surface area contributed by atoms with Gasteiger partial charge in [-0.15, -0.1) is 0 Å². The number of aromatic nitrogens is 4. The Kier molecular flexibility index (Phi) is 3.86. The van der Waals surface area contributed by atoms with E-state index in [2.05, 4.69) is 30.4 Å². The minimum Gasteiger partial charge on any atom is -0.464 e. The van der Waals surface area contributed by atoms with Crippen LogP contribution in [0.5, 0.6) is 0 Å². The molecule has 1 saturated heterocycles. The molecule has 3 aromatic rings. The van der Waals surface area contributed by atoms with Gasteiger partial charge in [0.05, 0.1) is 24.2 Å². The molecule has 10 nitrogen and oxygen atoms in total. The molecule has 1 unspecified atom stereocenters. The Balaban J connectivity index is 1.51. The second-order valence-electron chi connectivity index (χ2n) is 7.14. The largest absolute Gasteiger partial charge is 0.464 e. The zero-order valence-electron chi connectivity index (χ0n) is 16.0. The monoisotopic (exact) mass is 393 g/mol. The van der Waals surface area contributed by atoms with E-state index in [1.165, 1.54) is 7.11 Å². The molecule has 2 amide bonds. The fourth-order valence-corrected chi connectivity index (χ4v) is 3.95. The first-order chi connectivity index (χ1) is 14.0. The van der Waals surface area contributed by atoms with E-state index in [1.807, 2.05) is 25.1 Å². The van der Waals surface area contributed by atoms with Crippen LogP contribution in [0.3, 0.4) is 0 Å². The van der Waals surface area contributed by atoms with Crippen molar-refractivity contribution >= 4 is 40.4 Å². The summed E-state index contributed by atoms with van der Waals surface area (Å²) in [6.07, 6.45) is 0.819. The number of pyridine rings is 2. The second kappa shape index (κ2) is 6.43. The van der Waals surface area contributed by atoms with Crippen LogP contribution in [0.1, 0.15) is 22.6 Å². The summed E-state index contributed by atoms with van der Waals surface area (Å²) in [6.45, 7) is 3.44. The highest BCUT2D eigenvalue weighted by Crippen LogP contribution is 2.39. The summed E-state index contributed by atoms with van der Waals surface area (Å²) >= 11 is 0. The average molecular weight is 393 g/mol. The van der Waals surface area contributed by atoms with Crippen LogP contribution < -0.4 is 15.1 Å². The van der Waals surface area contributed by atoms with Gasteiger partial charge >= 0.3 is 12.0 Å².